The maximum Gasteiger partial charge on any atom is 0.407 e. The van der Waals surface area contributed by atoms with Gasteiger partial charge in [0.05, 0.1) is 13.2 Å². The molecule has 0 heterocycles. The van der Waals surface area contributed by atoms with Crippen molar-refractivity contribution in [2.24, 2.45) is 0 Å². The number of ether oxygens (including phenoxy) is 1. The van der Waals surface area contributed by atoms with Crippen LogP contribution < -0.4 is 5.32 Å². The van der Waals surface area contributed by atoms with Crippen LogP contribution in [0.15, 0.2) is 12.7 Å². The Morgan fingerprint density at radius 2 is 2.60 bits per heavy atom. The summed E-state index contributed by atoms with van der Waals surface area (Å²) in [4.78, 5) is 10.5. The fourth-order valence-electron chi connectivity index (χ4n) is 0.389. The molecule has 0 aromatic rings. The third-order valence-electron chi connectivity index (χ3n) is 0.970. The third kappa shape index (κ3) is 3.40. The standard InChI is InChI=1S/C6H11NO2S/c1-3-5(4-10)7-6(8)9-2/h3,5,10H,1,4H2,2H3,(H,7,8). The molecule has 1 N–H and O–H groups in total. The van der Waals surface area contributed by atoms with Crippen LogP contribution in [-0.2, 0) is 4.74 Å². The molecule has 0 aromatic heterocycles. The average Bonchev–Trinajstić information content (AvgIpc) is 1.99. The van der Waals surface area contributed by atoms with Gasteiger partial charge in [0, 0.05) is 5.75 Å². The zero-order valence-corrected chi connectivity index (χ0v) is 6.73. The van der Waals surface area contributed by atoms with E-state index < -0.39 is 6.09 Å². The molecule has 1 atom stereocenters. The number of carbonyl (C=O) groups is 1. The summed E-state index contributed by atoms with van der Waals surface area (Å²) in [5.74, 6) is 0.526. The number of rotatable bonds is 3. The monoisotopic (exact) mass is 161 g/mol. The maximum atomic E-state index is 10.5. The highest BCUT2D eigenvalue weighted by Crippen LogP contribution is 1.88. The molecule has 0 aliphatic rings. The Bertz CT molecular complexity index is 127. The lowest BCUT2D eigenvalue weighted by atomic mass is 10.3. The number of methoxy groups -OCH3 is 1. The average molecular weight is 161 g/mol. The van der Waals surface area contributed by atoms with Gasteiger partial charge in [0.15, 0.2) is 0 Å². The quantitative estimate of drug-likeness (QED) is 0.475. The number of amides is 1. The molecule has 4 heteroatoms. The largest absolute Gasteiger partial charge is 0.453 e. The smallest absolute Gasteiger partial charge is 0.407 e. The highest BCUT2D eigenvalue weighted by atomic mass is 32.1. The first-order chi connectivity index (χ1) is 4.74. The number of nitrogens with one attached hydrogen (secondary N) is 1. The van der Waals surface area contributed by atoms with Crippen LogP contribution in [0.2, 0.25) is 0 Å². The van der Waals surface area contributed by atoms with Crippen LogP contribution in [0.4, 0.5) is 4.79 Å². The molecule has 3 nitrogen and oxygen atoms in total. The van der Waals surface area contributed by atoms with Crippen molar-refractivity contribution in [2.75, 3.05) is 12.9 Å². The summed E-state index contributed by atoms with van der Waals surface area (Å²) >= 11 is 3.97. The van der Waals surface area contributed by atoms with Crippen molar-refractivity contribution < 1.29 is 9.53 Å². The minimum atomic E-state index is -0.459. The van der Waals surface area contributed by atoms with Crippen molar-refractivity contribution in [3.63, 3.8) is 0 Å². The summed E-state index contributed by atoms with van der Waals surface area (Å²) in [5.41, 5.74) is 0. The molecule has 0 saturated carbocycles. The summed E-state index contributed by atoms with van der Waals surface area (Å²) in [5, 5.41) is 2.51. The molecular formula is C6H11NO2S. The van der Waals surface area contributed by atoms with Crippen molar-refractivity contribution in [1.82, 2.24) is 5.32 Å². The lowest BCUT2D eigenvalue weighted by Crippen LogP contribution is -2.34. The molecule has 0 spiro atoms. The maximum absolute atomic E-state index is 10.5. The molecule has 0 aliphatic heterocycles. The van der Waals surface area contributed by atoms with E-state index in [-0.39, 0.29) is 6.04 Å². The van der Waals surface area contributed by atoms with Crippen LogP contribution in [0.1, 0.15) is 0 Å². The fraction of sp³-hybridized carbons (Fsp3) is 0.500. The predicted octanol–water partition coefficient (Wildman–Crippen LogP) is 0.827. The SMILES string of the molecule is C=CC(CS)NC(=O)OC. The van der Waals surface area contributed by atoms with E-state index in [0.29, 0.717) is 5.75 Å². The molecule has 10 heavy (non-hydrogen) atoms. The Kier molecular flexibility index (Phi) is 4.84. The second-order valence-corrected chi connectivity index (χ2v) is 2.03. The van der Waals surface area contributed by atoms with Crippen molar-refractivity contribution in [3.05, 3.63) is 12.7 Å². The topological polar surface area (TPSA) is 38.3 Å². The zero-order valence-electron chi connectivity index (χ0n) is 5.83. The molecule has 0 saturated heterocycles. The molecule has 0 fully saturated rings. The fourth-order valence-corrected chi connectivity index (χ4v) is 0.630. The van der Waals surface area contributed by atoms with Crippen molar-refractivity contribution in [1.29, 1.82) is 0 Å². The summed E-state index contributed by atoms with van der Waals surface area (Å²) in [7, 11) is 1.31. The molecule has 0 radical (unpaired) electrons. The summed E-state index contributed by atoms with van der Waals surface area (Å²) < 4.78 is 4.35. The molecular weight excluding hydrogens is 150 g/mol. The molecule has 58 valence electrons. The van der Waals surface area contributed by atoms with Gasteiger partial charge >= 0.3 is 6.09 Å². The van der Waals surface area contributed by atoms with Crippen molar-refractivity contribution >= 4 is 18.7 Å². The van der Waals surface area contributed by atoms with Gasteiger partial charge in [-0.25, -0.2) is 4.79 Å². The summed E-state index contributed by atoms with van der Waals surface area (Å²) in [6.07, 6.45) is 1.14. The number of thiol groups is 1. The van der Waals surface area contributed by atoms with Gasteiger partial charge in [0.2, 0.25) is 0 Å². The van der Waals surface area contributed by atoms with Crippen LogP contribution in [0.5, 0.6) is 0 Å². The highest BCUT2D eigenvalue weighted by molar-refractivity contribution is 7.80. The van der Waals surface area contributed by atoms with Gasteiger partial charge in [-0.05, 0) is 0 Å². The van der Waals surface area contributed by atoms with Gasteiger partial charge in [0.25, 0.3) is 0 Å². The lowest BCUT2D eigenvalue weighted by Gasteiger charge is -2.09. The Hall–Kier alpha value is -0.640. The molecule has 0 rings (SSSR count). The normalized spacial score (nSPS) is 11.8. The van der Waals surface area contributed by atoms with Gasteiger partial charge in [0.1, 0.15) is 0 Å². The Morgan fingerprint density at radius 3 is 2.90 bits per heavy atom. The third-order valence-corrected chi connectivity index (χ3v) is 1.36. The van der Waals surface area contributed by atoms with Gasteiger partial charge in [-0.2, -0.15) is 12.6 Å². The van der Waals surface area contributed by atoms with E-state index >= 15 is 0 Å². The first-order valence-corrected chi connectivity index (χ1v) is 3.45. The minimum Gasteiger partial charge on any atom is -0.453 e. The van der Waals surface area contributed by atoms with Gasteiger partial charge in [-0.1, -0.05) is 6.08 Å². The van der Waals surface area contributed by atoms with E-state index in [1.165, 1.54) is 7.11 Å². The van der Waals surface area contributed by atoms with Gasteiger partial charge in [-0.3, -0.25) is 0 Å². The molecule has 0 bridgehead atoms. The van der Waals surface area contributed by atoms with E-state index in [4.69, 9.17) is 0 Å². The minimum absolute atomic E-state index is 0.115. The van der Waals surface area contributed by atoms with Crippen LogP contribution >= 0.6 is 12.6 Å². The second-order valence-electron chi connectivity index (χ2n) is 1.66. The second kappa shape index (κ2) is 5.17. The van der Waals surface area contributed by atoms with E-state index in [1.807, 2.05) is 0 Å². The zero-order chi connectivity index (χ0) is 7.98. The molecule has 0 aliphatic carbocycles. The Morgan fingerprint density at radius 1 is 2.00 bits per heavy atom. The van der Waals surface area contributed by atoms with Crippen LogP contribution in [0.3, 0.4) is 0 Å². The Balaban J connectivity index is 3.62. The number of hydrogen-bond donors (Lipinski definition) is 2. The van der Waals surface area contributed by atoms with E-state index in [9.17, 15) is 4.79 Å². The van der Waals surface area contributed by atoms with E-state index in [1.54, 1.807) is 6.08 Å². The van der Waals surface area contributed by atoms with E-state index in [0.717, 1.165) is 0 Å². The Labute approximate surface area is 65.9 Å². The van der Waals surface area contributed by atoms with E-state index in [2.05, 4.69) is 29.3 Å². The molecule has 0 aromatic carbocycles. The molecule has 1 unspecified atom stereocenters. The summed E-state index contributed by atoms with van der Waals surface area (Å²) in [6.45, 7) is 3.50. The van der Waals surface area contributed by atoms with Gasteiger partial charge < -0.3 is 10.1 Å². The predicted molar refractivity (Wildman–Crippen MR) is 43.4 cm³/mol. The van der Waals surface area contributed by atoms with Crippen LogP contribution in [0, 0.1) is 0 Å². The van der Waals surface area contributed by atoms with Crippen LogP contribution in [-0.4, -0.2) is 25.0 Å². The lowest BCUT2D eigenvalue weighted by molar-refractivity contribution is 0.169. The number of carbonyl (C=O) groups excluding carboxylic acids is 1. The number of alkyl carbamates (subject to hydrolysis) is 1. The first kappa shape index (κ1) is 9.36. The van der Waals surface area contributed by atoms with Crippen LogP contribution in [0.25, 0.3) is 0 Å². The van der Waals surface area contributed by atoms with Crippen molar-refractivity contribution in [2.45, 2.75) is 6.04 Å². The molecule has 1 amide bonds. The number of hydrogen-bond acceptors (Lipinski definition) is 3. The first-order valence-electron chi connectivity index (χ1n) is 2.82. The van der Waals surface area contributed by atoms with Crippen molar-refractivity contribution in [3.8, 4) is 0 Å². The van der Waals surface area contributed by atoms with Gasteiger partial charge in [-0.15, -0.1) is 6.58 Å². The summed E-state index contributed by atoms with van der Waals surface area (Å²) in [6, 6.07) is -0.115. The highest BCUT2D eigenvalue weighted by Gasteiger charge is 2.04.